The number of benzene rings is 1. The van der Waals surface area contributed by atoms with Crippen LogP contribution >= 0.6 is 0 Å². The second-order valence-corrected chi connectivity index (χ2v) is 8.47. The Morgan fingerprint density at radius 3 is 2.34 bits per heavy atom. The zero-order chi connectivity index (χ0) is 21.7. The standard InChI is InChI=1S/C17H18F3N3O5S/c1-8(2)11-5-10(27-4)6-12-15(11)16(24)23(29(12,25)26)9(3)28-14-7-13(21-22-14)17(18,19)20/h5-9H,1-4H3,(H,21,22). The molecule has 3 rings (SSSR count). The molecule has 12 heteroatoms. The molecule has 2 aromatic rings. The van der Waals surface area contributed by atoms with Gasteiger partial charge in [0.15, 0.2) is 11.9 Å². The van der Waals surface area contributed by atoms with Crippen molar-refractivity contribution in [3.8, 4) is 11.6 Å². The monoisotopic (exact) mass is 433 g/mol. The fourth-order valence-electron chi connectivity index (χ4n) is 3.04. The fourth-order valence-corrected chi connectivity index (χ4v) is 4.73. The van der Waals surface area contributed by atoms with E-state index in [1.54, 1.807) is 19.9 Å². The lowest BCUT2D eigenvalue weighted by Gasteiger charge is -2.23. The van der Waals surface area contributed by atoms with Crippen molar-refractivity contribution in [2.75, 3.05) is 7.11 Å². The molecule has 158 valence electrons. The number of nitrogens with zero attached hydrogens (tertiary/aromatic N) is 2. The van der Waals surface area contributed by atoms with E-state index in [2.05, 4.69) is 5.10 Å². The van der Waals surface area contributed by atoms with Gasteiger partial charge in [0, 0.05) is 12.1 Å². The third kappa shape index (κ3) is 3.52. The van der Waals surface area contributed by atoms with Gasteiger partial charge in [0.1, 0.15) is 10.6 Å². The van der Waals surface area contributed by atoms with Crippen LogP contribution in [0, 0.1) is 0 Å². The summed E-state index contributed by atoms with van der Waals surface area (Å²) >= 11 is 0. The van der Waals surface area contributed by atoms with Gasteiger partial charge >= 0.3 is 6.18 Å². The Kier molecular flexibility index (Phi) is 5.01. The molecule has 0 saturated carbocycles. The van der Waals surface area contributed by atoms with E-state index in [-0.39, 0.29) is 22.1 Å². The van der Waals surface area contributed by atoms with Gasteiger partial charge in [0.05, 0.1) is 12.7 Å². The number of carbonyl (C=O) groups is 1. The van der Waals surface area contributed by atoms with Crippen LogP contribution in [-0.4, -0.2) is 42.2 Å². The summed E-state index contributed by atoms with van der Waals surface area (Å²) in [6, 6.07) is 3.40. The number of aromatic nitrogens is 2. The highest BCUT2D eigenvalue weighted by Crippen LogP contribution is 2.40. The van der Waals surface area contributed by atoms with Crippen LogP contribution in [-0.2, 0) is 16.2 Å². The zero-order valence-corrected chi connectivity index (χ0v) is 16.7. The van der Waals surface area contributed by atoms with Crippen LogP contribution in [0.4, 0.5) is 13.2 Å². The first-order valence-corrected chi connectivity index (χ1v) is 9.92. The number of hydrogen-bond donors (Lipinski definition) is 1. The van der Waals surface area contributed by atoms with Crippen LogP contribution in [0.15, 0.2) is 23.1 Å². The Morgan fingerprint density at radius 2 is 1.83 bits per heavy atom. The number of alkyl halides is 3. The van der Waals surface area contributed by atoms with E-state index >= 15 is 0 Å². The molecule has 8 nitrogen and oxygen atoms in total. The van der Waals surface area contributed by atoms with Gasteiger partial charge in [-0.05, 0) is 24.5 Å². The summed E-state index contributed by atoms with van der Waals surface area (Å²) in [5.74, 6) is -1.17. The maximum Gasteiger partial charge on any atom is 0.435 e. The third-order valence-electron chi connectivity index (χ3n) is 4.39. The summed E-state index contributed by atoms with van der Waals surface area (Å²) in [5.41, 5.74) is -0.759. The molecule has 0 aliphatic carbocycles. The lowest BCUT2D eigenvalue weighted by Crippen LogP contribution is -2.41. The molecule has 1 aromatic carbocycles. The SMILES string of the molecule is COc1cc(C(C)C)c2c(c1)S(=O)(=O)N(C(C)Oc1cc(C(F)(F)F)n[nH]1)C2=O. The number of sulfonamides is 1. The number of aromatic amines is 1. The molecular formula is C17H18F3N3O5S. The number of amides is 1. The second-order valence-electron chi connectivity index (χ2n) is 6.68. The minimum absolute atomic E-state index is 0.00292. The Bertz CT molecular complexity index is 1060. The topological polar surface area (TPSA) is 102 Å². The van der Waals surface area contributed by atoms with Crippen LogP contribution in [0.5, 0.6) is 11.6 Å². The van der Waals surface area contributed by atoms with Crippen molar-refractivity contribution in [1.82, 2.24) is 14.5 Å². The number of ether oxygens (including phenoxy) is 2. The summed E-state index contributed by atoms with van der Waals surface area (Å²) in [7, 11) is -2.93. The highest BCUT2D eigenvalue weighted by Gasteiger charge is 2.47. The van der Waals surface area contributed by atoms with E-state index in [4.69, 9.17) is 9.47 Å². The Morgan fingerprint density at radius 1 is 1.17 bits per heavy atom. The summed E-state index contributed by atoms with van der Waals surface area (Å²) in [6.07, 6.45) is -6.12. The van der Waals surface area contributed by atoms with E-state index in [1.807, 2.05) is 5.10 Å². The molecule has 1 unspecified atom stereocenters. The van der Waals surface area contributed by atoms with Gasteiger partial charge in [0.25, 0.3) is 15.9 Å². The van der Waals surface area contributed by atoms with Crippen molar-refractivity contribution in [1.29, 1.82) is 0 Å². The number of rotatable bonds is 5. The molecule has 1 aromatic heterocycles. The second kappa shape index (κ2) is 6.94. The van der Waals surface area contributed by atoms with Crippen LogP contribution in [0.3, 0.4) is 0 Å². The Hall–Kier alpha value is -2.76. The first-order valence-electron chi connectivity index (χ1n) is 8.48. The number of hydrogen-bond acceptors (Lipinski definition) is 6. The van der Waals surface area contributed by atoms with Crippen molar-refractivity contribution in [2.45, 2.75) is 44.0 Å². The summed E-state index contributed by atoms with van der Waals surface area (Å²) in [6.45, 7) is 4.82. The minimum Gasteiger partial charge on any atom is -0.497 e. The highest BCUT2D eigenvalue weighted by atomic mass is 32.2. The summed E-state index contributed by atoms with van der Waals surface area (Å²) in [4.78, 5) is 12.7. The van der Waals surface area contributed by atoms with Crippen LogP contribution in [0.1, 0.15) is 48.3 Å². The lowest BCUT2D eigenvalue weighted by molar-refractivity contribution is -0.141. The molecule has 1 aliphatic rings. The van der Waals surface area contributed by atoms with Crippen molar-refractivity contribution >= 4 is 15.9 Å². The number of halogens is 3. The molecule has 0 fully saturated rings. The molecule has 1 aliphatic heterocycles. The van der Waals surface area contributed by atoms with Crippen LogP contribution in [0.2, 0.25) is 0 Å². The third-order valence-corrected chi connectivity index (χ3v) is 6.25. The molecular weight excluding hydrogens is 415 g/mol. The van der Waals surface area contributed by atoms with E-state index in [1.165, 1.54) is 20.1 Å². The zero-order valence-electron chi connectivity index (χ0n) is 15.9. The van der Waals surface area contributed by atoms with Gasteiger partial charge in [-0.15, -0.1) is 0 Å². The van der Waals surface area contributed by atoms with Gasteiger partial charge in [-0.25, -0.2) is 13.5 Å². The van der Waals surface area contributed by atoms with Crippen molar-refractivity contribution in [3.63, 3.8) is 0 Å². The van der Waals surface area contributed by atoms with E-state index < -0.39 is 39.9 Å². The smallest absolute Gasteiger partial charge is 0.435 e. The van der Waals surface area contributed by atoms with E-state index in [9.17, 15) is 26.4 Å². The molecule has 2 heterocycles. The van der Waals surface area contributed by atoms with Crippen molar-refractivity contribution < 1.29 is 35.9 Å². The van der Waals surface area contributed by atoms with Crippen LogP contribution in [0.25, 0.3) is 0 Å². The summed E-state index contributed by atoms with van der Waals surface area (Å²) in [5, 5.41) is 5.11. The first-order chi connectivity index (χ1) is 13.4. The number of carbonyl (C=O) groups excluding carboxylic acids is 1. The maximum absolute atomic E-state index is 13.0. The lowest BCUT2D eigenvalue weighted by atomic mass is 9.96. The Labute approximate surface area is 164 Å². The first kappa shape index (κ1) is 21.0. The molecule has 0 saturated heterocycles. The molecule has 0 bridgehead atoms. The maximum atomic E-state index is 13.0. The average Bonchev–Trinajstić information content (AvgIpc) is 3.15. The molecule has 29 heavy (non-hydrogen) atoms. The quantitative estimate of drug-likeness (QED) is 0.778. The number of methoxy groups -OCH3 is 1. The van der Waals surface area contributed by atoms with Gasteiger partial charge in [-0.3, -0.25) is 4.79 Å². The average molecular weight is 433 g/mol. The predicted octanol–water partition coefficient (Wildman–Crippen LogP) is 3.13. The molecule has 0 spiro atoms. The normalized spacial score (nSPS) is 16.8. The molecule has 0 radical (unpaired) electrons. The minimum atomic E-state index is -4.70. The fraction of sp³-hybridized carbons (Fsp3) is 0.412. The number of H-pyrrole nitrogens is 1. The van der Waals surface area contributed by atoms with Gasteiger partial charge < -0.3 is 9.47 Å². The molecule has 1 N–H and O–H groups in total. The summed E-state index contributed by atoms with van der Waals surface area (Å²) < 4.78 is 74.9. The van der Waals surface area contributed by atoms with Crippen LogP contribution < -0.4 is 9.47 Å². The van der Waals surface area contributed by atoms with E-state index in [0.29, 0.717) is 15.9 Å². The van der Waals surface area contributed by atoms with Crippen molar-refractivity contribution in [2.24, 2.45) is 0 Å². The van der Waals surface area contributed by atoms with Gasteiger partial charge in [-0.2, -0.15) is 22.6 Å². The van der Waals surface area contributed by atoms with E-state index in [0.717, 1.165) is 0 Å². The molecule has 1 atom stereocenters. The predicted molar refractivity (Wildman–Crippen MR) is 94.1 cm³/mol. The highest BCUT2D eigenvalue weighted by molar-refractivity contribution is 7.90. The molecule has 1 amide bonds. The largest absolute Gasteiger partial charge is 0.497 e. The van der Waals surface area contributed by atoms with Gasteiger partial charge in [0.2, 0.25) is 5.88 Å². The van der Waals surface area contributed by atoms with Crippen molar-refractivity contribution in [3.05, 3.63) is 35.0 Å². The van der Waals surface area contributed by atoms with Gasteiger partial charge in [-0.1, -0.05) is 13.8 Å². The Balaban J connectivity index is 1.99. The number of nitrogens with one attached hydrogen (secondary N) is 1. The number of fused-ring (bicyclic) bond motifs is 1.